The second-order valence-corrected chi connectivity index (χ2v) is 4.75. The minimum Gasteiger partial charge on any atom is -0.384 e. The van der Waals surface area contributed by atoms with Crippen molar-refractivity contribution >= 4 is 11.5 Å². The van der Waals surface area contributed by atoms with Crippen LogP contribution in [0.1, 0.15) is 16.7 Å². The van der Waals surface area contributed by atoms with Crippen molar-refractivity contribution in [3.05, 3.63) is 65.2 Å². The number of nitrogens with two attached hydrogens (primary N) is 1. The third-order valence-corrected chi connectivity index (χ3v) is 3.21. The summed E-state index contributed by atoms with van der Waals surface area (Å²) in [4.78, 5) is 2.22. The molecule has 0 radical (unpaired) electrons. The minimum atomic E-state index is 0.110. The molecule has 0 unspecified atom stereocenters. The van der Waals surface area contributed by atoms with Crippen LogP contribution in [-0.2, 0) is 6.54 Å². The van der Waals surface area contributed by atoms with Gasteiger partial charge in [0.05, 0.1) is 0 Å². The number of benzene rings is 2. The van der Waals surface area contributed by atoms with Crippen LogP contribution in [0.2, 0.25) is 0 Å². The van der Waals surface area contributed by atoms with Crippen LogP contribution in [0.15, 0.2) is 48.5 Å². The van der Waals surface area contributed by atoms with Gasteiger partial charge in [-0.15, -0.1) is 0 Å². The SMILES string of the molecule is Cc1ccccc1N(C)Cc1ccc(C(=N)N)cc1. The fourth-order valence-corrected chi connectivity index (χ4v) is 2.14. The summed E-state index contributed by atoms with van der Waals surface area (Å²) in [6.45, 7) is 2.95. The van der Waals surface area contributed by atoms with E-state index in [1.807, 2.05) is 30.3 Å². The molecule has 2 aromatic carbocycles. The Labute approximate surface area is 114 Å². The van der Waals surface area contributed by atoms with Gasteiger partial charge < -0.3 is 10.6 Å². The number of nitrogens with zero attached hydrogens (tertiary/aromatic N) is 1. The fourth-order valence-electron chi connectivity index (χ4n) is 2.14. The van der Waals surface area contributed by atoms with Crippen LogP contribution in [-0.4, -0.2) is 12.9 Å². The Hall–Kier alpha value is -2.29. The van der Waals surface area contributed by atoms with E-state index in [2.05, 4.69) is 37.1 Å². The Morgan fingerprint density at radius 2 is 1.74 bits per heavy atom. The van der Waals surface area contributed by atoms with Gasteiger partial charge >= 0.3 is 0 Å². The van der Waals surface area contributed by atoms with Crippen molar-refractivity contribution < 1.29 is 0 Å². The van der Waals surface area contributed by atoms with Crippen molar-refractivity contribution in [3.8, 4) is 0 Å². The number of nitrogen functional groups attached to an aromatic ring is 1. The molecule has 0 aromatic heterocycles. The lowest BCUT2D eigenvalue weighted by atomic mass is 10.1. The lowest BCUT2D eigenvalue weighted by Gasteiger charge is -2.21. The van der Waals surface area contributed by atoms with Gasteiger partial charge in [-0.25, -0.2) is 0 Å². The molecule has 0 aliphatic rings. The predicted octanol–water partition coefficient (Wildman–Crippen LogP) is 2.92. The van der Waals surface area contributed by atoms with E-state index in [0.717, 1.165) is 12.1 Å². The van der Waals surface area contributed by atoms with Crippen LogP contribution in [0, 0.1) is 12.3 Å². The summed E-state index contributed by atoms with van der Waals surface area (Å²) in [5.41, 5.74) is 9.92. The van der Waals surface area contributed by atoms with Gasteiger partial charge in [0.2, 0.25) is 0 Å². The minimum absolute atomic E-state index is 0.110. The summed E-state index contributed by atoms with van der Waals surface area (Å²) in [6, 6.07) is 16.2. The molecular weight excluding hydrogens is 234 g/mol. The topological polar surface area (TPSA) is 53.1 Å². The highest BCUT2D eigenvalue weighted by atomic mass is 15.1. The lowest BCUT2D eigenvalue weighted by Crippen LogP contribution is -2.17. The van der Waals surface area contributed by atoms with Crippen LogP contribution < -0.4 is 10.6 Å². The average Bonchev–Trinajstić information content (AvgIpc) is 2.39. The number of hydrogen-bond acceptors (Lipinski definition) is 2. The number of anilines is 1. The van der Waals surface area contributed by atoms with Crippen molar-refractivity contribution in [2.45, 2.75) is 13.5 Å². The summed E-state index contributed by atoms with van der Waals surface area (Å²) in [5, 5.41) is 7.38. The van der Waals surface area contributed by atoms with E-state index in [-0.39, 0.29) is 5.84 Å². The molecule has 19 heavy (non-hydrogen) atoms. The van der Waals surface area contributed by atoms with E-state index in [1.165, 1.54) is 16.8 Å². The molecule has 3 N–H and O–H groups in total. The van der Waals surface area contributed by atoms with E-state index in [0.29, 0.717) is 0 Å². The van der Waals surface area contributed by atoms with Crippen LogP contribution in [0.3, 0.4) is 0 Å². The zero-order valence-corrected chi connectivity index (χ0v) is 11.4. The van der Waals surface area contributed by atoms with Gasteiger partial charge in [0.25, 0.3) is 0 Å². The van der Waals surface area contributed by atoms with Gasteiger partial charge in [0.1, 0.15) is 5.84 Å². The van der Waals surface area contributed by atoms with Gasteiger partial charge in [-0.05, 0) is 24.1 Å². The van der Waals surface area contributed by atoms with E-state index in [4.69, 9.17) is 11.1 Å². The summed E-state index contributed by atoms with van der Waals surface area (Å²) in [6.07, 6.45) is 0. The second-order valence-electron chi connectivity index (χ2n) is 4.75. The Morgan fingerprint density at radius 3 is 2.32 bits per heavy atom. The van der Waals surface area contributed by atoms with Crippen molar-refractivity contribution in [3.63, 3.8) is 0 Å². The van der Waals surface area contributed by atoms with E-state index < -0.39 is 0 Å². The summed E-state index contributed by atoms with van der Waals surface area (Å²) in [5.74, 6) is 0.110. The number of aryl methyl sites for hydroxylation is 1. The van der Waals surface area contributed by atoms with Crippen LogP contribution >= 0.6 is 0 Å². The molecule has 0 heterocycles. The molecule has 0 atom stereocenters. The first-order valence-corrected chi connectivity index (χ1v) is 6.28. The molecule has 0 fully saturated rings. The first kappa shape index (κ1) is 13.1. The van der Waals surface area contributed by atoms with Crippen LogP contribution in [0.4, 0.5) is 5.69 Å². The van der Waals surface area contributed by atoms with Crippen LogP contribution in [0.25, 0.3) is 0 Å². The second kappa shape index (κ2) is 5.57. The van der Waals surface area contributed by atoms with Crippen molar-refractivity contribution in [2.75, 3.05) is 11.9 Å². The fraction of sp³-hybridized carbons (Fsp3) is 0.188. The van der Waals surface area contributed by atoms with Gasteiger partial charge in [-0.3, -0.25) is 5.41 Å². The predicted molar refractivity (Wildman–Crippen MR) is 80.7 cm³/mol. The first-order valence-electron chi connectivity index (χ1n) is 6.28. The number of hydrogen-bond donors (Lipinski definition) is 2. The van der Waals surface area contributed by atoms with Gasteiger partial charge in [0, 0.05) is 24.8 Å². The normalized spacial score (nSPS) is 10.2. The molecule has 3 nitrogen and oxygen atoms in total. The standard InChI is InChI=1S/C16H19N3/c1-12-5-3-4-6-15(12)19(2)11-13-7-9-14(10-8-13)16(17)18/h3-10H,11H2,1-2H3,(H3,17,18). The van der Waals surface area contributed by atoms with Gasteiger partial charge in [-0.2, -0.15) is 0 Å². The van der Waals surface area contributed by atoms with E-state index in [1.54, 1.807) is 0 Å². The molecule has 2 aromatic rings. The largest absolute Gasteiger partial charge is 0.384 e. The van der Waals surface area contributed by atoms with Crippen molar-refractivity contribution in [2.24, 2.45) is 5.73 Å². The first-order chi connectivity index (χ1) is 9.08. The maximum absolute atomic E-state index is 7.38. The molecule has 0 aliphatic heterocycles. The molecule has 0 saturated carbocycles. The molecule has 0 spiro atoms. The maximum atomic E-state index is 7.38. The van der Waals surface area contributed by atoms with E-state index in [9.17, 15) is 0 Å². The highest BCUT2D eigenvalue weighted by Gasteiger charge is 2.05. The Bertz CT molecular complexity index is 573. The quantitative estimate of drug-likeness (QED) is 0.650. The molecule has 3 heteroatoms. The summed E-state index contributed by atoms with van der Waals surface area (Å²) < 4.78 is 0. The Balaban J connectivity index is 2.13. The number of rotatable bonds is 4. The zero-order chi connectivity index (χ0) is 13.8. The smallest absolute Gasteiger partial charge is 0.122 e. The molecule has 2 rings (SSSR count). The molecule has 0 amide bonds. The number of amidine groups is 1. The summed E-state index contributed by atoms with van der Waals surface area (Å²) >= 11 is 0. The maximum Gasteiger partial charge on any atom is 0.122 e. The molecule has 0 saturated heterocycles. The molecule has 0 bridgehead atoms. The molecular formula is C16H19N3. The van der Waals surface area contributed by atoms with Crippen molar-refractivity contribution in [1.82, 2.24) is 0 Å². The third-order valence-electron chi connectivity index (χ3n) is 3.21. The van der Waals surface area contributed by atoms with Crippen molar-refractivity contribution in [1.29, 1.82) is 5.41 Å². The van der Waals surface area contributed by atoms with E-state index >= 15 is 0 Å². The van der Waals surface area contributed by atoms with Crippen LogP contribution in [0.5, 0.6) is 0 Å². The number of nitrogens with one attached hydrogen (secondary N) is 1. The summed E-state index contributed by atoms with van der Waals surface area (Å²) in [7, 11) is 2.08. The Morgan fingerprint density at radius 1 is 1.11 bits per heavy atom. The monoisotopic (exact) mass is 253 g/mol. The zero-order valence-electron chi connectivity index (χ0n) is 11.4. The molecule has 0 aliphatic carbocycles. The Kier molecular flexibility index (Phi) is 3.85. The number of para-hydroxylation sites is 1. The lowest BCUT2D eigenvalue weighted by molar-refractivity contribution is 0.917. The average molecular weight is 253 g/mol. The highest BCUT2D eigenvalue weighted by Crippen LogP contribution is 2.19. The molecule has 98 valence electrons. The van der Waals surface area contributed by atoms with Gasteiger partial charge in [0.15, 0.2) is 0 Å². The highest BCUT2D eigenvalue weighted by molar-refractivity contribution is 5.94. The van der Waals surface area contributed by atoms with Gasteiger partial charge in [-0.1, -0.05) is 42.5 Å². The third kappa shape index (κ3) is 3.13.